The fourth-order valence-electron chi connectivity index (χ4n) is 0.894. The molecule has 0 spiro atoms. The molecule has 0 fully saturated rings. The second-order valence-corrected chi connectivity index (χ2v) is 5.66. The van der Waals surface area contributed by atoms with Crippen molar-refractivity contribution in [2.75, 3.05) is 6.54 Å². The van der Waals surface area contributed by atoms with Gasteiger partial charge in [0.2, 0.25) is 10.0 Å². The predicted octanol–water partition coefficient (Wildman–Crippen LogP) is 1.32. The maximum Gasteiger partial charge on any atom is 0.240 e. The molecule has 1 aromatic carbocycles. The number of ketones is 1. The Balaban J connectivity index is 2.87. The van der Waals surface area contributed by atoms with Crippen LogP contribution in [0.2, 0.25) is 0 Å². The van der Waals surface area contributed by atoms with Gasteiger partial charge in [0.05, 0.1) is 11.4 Å². The van der Waals surface area contributed by atoms with Crippen molar-refractivity contribution >= 4 is 31.7 Å². The number of benzene rings is 1. The standard InChI is InChI=1S/C9H10BrNO3S/c1-7(12)6-11-15(13,14)9-4-2-8(10)3-5-9/h2-5,11H,6H2,1H3. The summed E-state index contributed by atoms with van der Waals surface area (Å²) in [5.74, 6) is -0.226. The van der Waals surface area contributed by atoms with Gasteiger partial charge >= 0.3 is 0 Å². The molecule has 0 bridgehead atoms. The molecule has 0 aromatic heterocycles. The number of sulfonamides is 1. The summed E-state index contributed by atoms with van der Waals surface area (Å²) in [6.07, 6.45) is 0. The maximum absolute atomic E-state index is 11.6. The van der Waals surface area contributed by atoms with Crippen molar-refractivity contribution in [3.63, 3.8) is 0 Å². The van der Waals surface area contributed by atoms with Crippen molar-refractivity contribution < 1.29 is 13.2 Å². The highest BCUT2D eigenvalue weighted by atomic mass is 79.9. The van der Waals surface area contributed by atoms with Gasteiger partial charge in [-0.1, -0.05) is 15.9 Å². The normalized spacial score (nSPS) is 11.3. The van der Waals surface area contributed by atoms with Crippen molar-refractivity contribution in [2.45, 2.75) is 11.8 Å². The number of carbonyl (C=O) groups is 1. The van der Waals surface area contributed by atoms with E-state index >= 15 is 0 Å². The third-order valence-corrected chi connectivity index (χ3v) is 3.58. The van der Waals surface area contributed by atoms with E-state index < -0.39 is 10.0 Å². The lowest BCUT2D eigenvalue weighted by Gasteiger charge is -2.04. The van der Waals surface area contributed by atoms with Crippen LogP contribution in [0.4, 0.5) is 0 Å². The molecule has 0 saturated heterocycles. The molecule has 0 aliphatic carbocycles. The highest BCUT2D eigenvalue weighted by Crippen LogP contribution is 2.14. The zero-order valence-electron chi connectivity index (χ0n) is 8.03. The Bertz CT molecular complexity index is 453. The molecule has 0 amide bonds. The lowest BCUT2D eigenvalue weighted by molar-refractivity contribution is -0.115. The Morgan fingerprint density at radius 1 is 1.33 bits per heavy atom. The molecule has 6 heteroatoms. The van der Waals surface area contributed by atoms with Gasteiger partial charge < -0.3 is 0 Å². The average molecular weight is 292 g/mol. The second-order valence-electron chi connectivity index (χ2n) is 2.98. The molecule has 4 nitrogen and oxygen atoms in total. The first kappa shape index (κ1) is 12.4. The van der Waals surface area contributed by atoms with E-state index in [2.05, 4.69) is 20.7 Å². The third-order valence-electron chi connectivity index (χ3n) is 1.64. The highest BCUT2D eigenvalue weighted by molar-refractivity contribution is 9.10. The Kier molecular flexibility index (Phi) is 4.01. The molecule has 15 heavy (non-hydrogen) atoms. The average Bonchev–Trinajstić information content (AvgIpc) is 2.16. The molecule has 82 valence electrons. The third kappa shape index (κ3) is 3.73. The number of rotatable bonds is 4. The minimum absolute atomic E-state index is 0.145. The van der Waals surface area contributed by atoms with Crippen LogP contribution in [0.15, 0.2) is 33.6 Å². The zero-order valence-corrected chi connectivity index (χ0v) is 10.4. The fourth-order valence-corrected chi connectivity index (χ4v) is 2.21. The van der Waals surface area contributed by atoms with E-state index in [1.807, 2.05) is 0 Å². The summed E-state index contributed by atoms with van der Waals surface area (Å²) < 4.78 is 26.1. The highest BCUT2D eigenvalue weighted by Gasteiger charge is 2.13. The molecule has 0 radical (unpaired) electrons. The summed E-state index contributed by atoms with van der Waals surface area (Å²) in [5, 5.41) is 0. The smallest absolute Gasteiger partial charge is 0.240 e. The van der Waals surface area contributed by atoms with Crippen LogP contribution in [0, 0.1) is 0 Å². The SMILES string of the molecule is CC(=O)CNS(=O)(=O)c1ccc(Br)cc1. The molecular weight excluding hydrogens is 282 g/mol. The van der Waals surface area contributed by atoms with E-state index in [-0.39, 0.29) is 17.2 Å². The van der Waals surface area contributed by atoms with Gasteiger partial charge in [0.25, 0.3) is 0 Å². The number of halogens is 1. The molecule has 0 heterocycles. The van der Waals surface area contributed by atoms with Crippen molar-refractivity contribution in [3.8, 4) is 0 Å². The Hall–Kier alpha value is -0.720. The van der Waals surface area contributed by atoms with E-state index in [1.165, 1.54) is 19.1 Å². The Labute approximate surface area is 96.9 Å². The van der Waals surface area contributed by atoms with Crippen LogP contribution in [-0.2, 0) is 14.8 Å². The lowest BCUT2D eigenvalue weighted by atomic mass is 10.4. The molecule has 0 aliphatic heterocycles. The van der Waals surface area contributed by atoms with E-state index in [1.54, 1.807) is 12.1 Å². The summed E-state index contributed by atoms with van der Waals surface area (Å²) in [6.45, 7) is 1.14. The second kappa shape index (κ2) is 4.87. The lowest BCUT2D eigenvalue weighted by Crippen LogP contribution is -2.28. The largest absolute Gasteiger partial charge is 0.299 e. The topological polar surface area (TPSA) is 63.2 Å². The number of Topliss-reactive ketones (excluding diaryl/α,β-unsaturated/α-hetero) is 1. The van der Waals surface area contributed by atoms with Crippen molar-refractivity contribution in [2.24, 2.45) is 0 Å². The first-order valence-electron chi connectivity index (χ1n) is 4.16. The van der Waals surface area contributed by atoms with Gasteiger partial charge in [-0.15, -0.1) is 0 Å². The van der Waals surface area contributed by atoms with Gasteiger partial charge in [0, 0.05) is 4.47 Å². The predicted molar refractivity (Wildman–Crippen MR) is 60.0 cm³/mol. The van der Waals surface area contributed by atoms with Gasteiger partial charge in [0.15, 0.2) is 0 Å². The number of hydrogen-bond donors (Lipinski definition) is 1. The van der Waals surface area contributed by atoms with Gasteiger partial charge in [0.1, 0.15) is 5.78 Å². The molecule has 1 N–H and O–H groups in total. The zero-order chi connectivity index (χ0) is 11.5. The molecule has 1 rings (SSSR count). The van der Waals surface area contributed by atoms with E-state index in [0.717, 1.165) is 4.47 Å². The first-order chi connectivity index (χ1) is 6.92. The van der Waals surface area contributed by atoms with Gasteiger partial charge in [-0.25, -0.2) is 13.1 Å². The summed E-state index contributed by atoms with van der Waals surface area (Å²) >= 11 is 3.21. The van der Waals surface area contributed by atoms with E-state index in [0.29, 0.717) is 0 Å². The van der Waals surface area contributed by atoms with E-state index in [9.17, 15) is 13.2 Å². The van der Waals surface area contributed by atoms with Crippen LogP contribution in [0.3, 0.4) is 0 Å². The molecule has 0 saturated carbocycles. The van der Waals surface area contributed by atoms with Crippen LogP contribution in [0.25, 0.3) is 0 Å². The molecule has 1 aromatic rings. The number of hydrogen-bond acceptors (Lipinski definition) is 3. The maximum atomic E-state index is 11.6. The number of carbonyl (C=O) groups excluding carboxylic acids is 1. The summed E-state index contributed by atoms with van der Waals surface area (Å²) in [4.78, 5) is 10.8. The molecule has 0 atom stereocenters. The van der Waals surface area contributed by atoms with Gasteiger partial charge in [-0.3, -0.25) is 4.79 Å². The minimum Gasteiger partial charge on any atom is -0.299 e. The van der Waals surface area contributed by atoms with Crippen molar-refractivity contribution in [1.82, 2.24) is 4.72 Å². The van der Waals surface area contributed by atoms with E-state index in [4.69, 9.17) is 0 Å². The number of nitrogens with one attached hydrogen (secondary N) is 1. The van der Waals surface area contributed by atoms with Crippen molar-refractivity contribution in [3.05, 3.63) is 28.7 Å². The minimum atomic E-state index is -3.56. The van der Waals surface area contributed by atoms with Crippen LogP contribution >= 0.6 is 15.9 Å². The quantitative estimate of drug-likeness (QED) is 0.910. The molecule has 0 aliphatic rings. The first-order valence-corrected chi connectivity index (χ1v) is 6.44. The molecule has 0 unspecified atom stereocenters. The fraction of sp³-hybridized carbons (Fsp3) is 0.222. The Morgan fingerprint density at radius 3 is 2.33 bits per heavy atom. The Morgan fingerprint density at radius 2 is 1.87 bits per heavy atom. The van der Waals surface area contributed by atoms with Crippen LogP contribution in [0.1, 0.15) is 6.92 Å². The van der Waals surface area contributed by atoms with Crippen molar-refractivity contribution in [1.29, 1.82) is 0 Å². The van der Waals surface area contributed by atoms with Crippen LogP contribution in [-0.4, -0.2) is 20.7 Å². The summed E-state index contributed by atoms with van der Waals surface area (Å²) in [5.41, 5.74) is 0. The van der Waals surface area contributed by atoms with Gasteiger partial charge in [-0.2, -0.15) is 0 Å². The van der Waals surface area contributed by atoms with Gasteiger partial charge in [-0.05, 0) is 31.2 Å². The molecular formula is C9H10BrNO3S. The summed E-state index contributed by atoms with van der Waals surface area (Å²) in [7, 11) is -3.56. The monoisotopic (exact) mass is 291 g/mol. The summed E-state index contributed by atoms with van der Waals surface area (Å²) in [6, 6.07) is 6.18. The van der Waals surface area contributed by atoms with Crippen LogP contribution < -0.4 is 4.72 Å². The van der Waals surface area contributed by atoms with Crippen LogP contribution in [0.5, 0.6) is 0 Å².